The molecule has 8 nitrogen and oxygen atoms in total. The third-order valence-corrected chi connectivity index (χ3v) is 6.94. The summed E-state index contributed by atoms with van der Waals surface area (Å²) in [4.78, 5) is 27.7. The SMILES string of the molecule is O=C(COc1ccccc1/C=C1\S/C(=N/N=C\c2ccc(F)cc2)N(Cc2ccco2)C1=O)Nc1ccc(Cl)cc1. The summed E-state index contributed by atoms with van der Waals surface area (Å²) in [5, 5.41) is 12.0. The van der Waals surface area contributed by atoms with Gasteiger partial charge in [-0.25, -0.2) is 4.39 Å². The standard InChI is InChI=1S/C30H22ClFN4O4S/c31-22-9-13-24(14-10-22)34-28(37)19-40-26-6-2-1-4-21(26)16-27-29(38)36(18-25-5-3-15-39-25)30(41-27)35-33-17-20-7-11-23(32)12-8-20/h1-17H,18-19H2,(H,34,37)/b27-16-,33-17-,35-30+. The largest absolute Gasteiger partial charge is 0.483 e. The lowest BCUT2D eigenvalue weighted by Gasteiger charge is -2.12. The van der Waals surface area contributed by atoms with Crippen molar-refractivity contribution in [1.82, 2.24) is 4.90 Å². The van der Waals surface area contributed by atoms with E-state index in [4.69, 9.17) is 20.8 Å². The Morgan fingerprint density at radius 2 is 1.83 bits per heavy atom. The number of hydrogen-bond donors (Lipinski definition) is 1. The fraction of sp³-hybridized carbons (Fsp3) is 0.0667. The normalized spacial score (nSPS) is 15.3. The summed E-state index contributed by atoms with van der Waals surface area (Å²) < 4.78 is 24.4. The van der Waals surface area contributed by atoms with Crippen LogP contribution in [0.4, 0.5) is 10.1 Å². The molecule has 1 fully saturated rings. The van der Waals surface area contributed by atoms with Crippen molar-refractivity contribution < 1.29 is 23.1 Å². The Labute approximate surface area is 244 Å². The molecule has 0 unspecified atom stereocenters. The fourth-order valence-corrected chi connectivity index (χ4v) is 4.77. The average molecular weight is 589 g/mol. The smallest absolute Gasteiger partial charge is 0.267 e. The molecule has 0 atom stereocenters. The van der Waals surface area contributed by atoms with E-state index in [0.29, 0.717) is 43.4 Å². The van der Waals surface area contributed by atoms with Gasteiger partial charge in [0, 0.05) is 16.3 Å². The number of rotatable bonds is 9. The summed E-state index contributed by atoms with van der Waals surface area (Å²) in [5.41, 5.74) is 1.86. The van der Waals surface area contributed by atoms with Gasteiger partial charge in [-0.15, -0.1) is 5.10 Å². The maximum atomic E-state index is 13.4. The van der Waals surface area contributed by atoms with Crippen LogP contribution in [0.25, 0.3) is 6.08 Å². The highest BCUT2D eigenvalue weighted by atomic mass is 35.5. The van der Waals surface area contributed by atoms with Gasteiger partial charge in [0.2, 0.25) is 0 Å². The number of para-hydroxylation sites is 1. The number of halogens is 2. The van der Waals surface area contributed by atoms with Crippen molar-refractivity contribution in [3.8, 4) is 5.75 Å². The number of carbonyl (C=O) groups is 2. The first kappa shape index (κ1) is 27.9. The average Bonchev–Trinajstić information content (AvgIpc) is 3.59. The molecule has 0 radical (unpaired) electrons. The van der Waals surface area contributed by atoms with Gasteiger partial charge in [0.05, 0.1) is 23.9 Å². The molecule has 1 aromatic heterocycles. The summed E-state index contributed by atoms with van der Waals surface area (Å²) in [5.74, 6) is 0.00985. The number of amidine groups is 1. The molecule has 1 saturated heterocycles. The number of nitrogens with one attached hydrogen (secondary N) is 1. The predicted molar refractivity (Wildman–Crippen MR) is 158 cm³/mol. The van der Waals surface area contributed by atoms with E-state index in [2.05, 4.69) is 15.5 Å². The van der Waals surface area contributed by atoms with Crippen LogP contribution >= 0.6 is 23.4 Å². The molecule has 4 aromatic rings. The van der Waals surface area contributed by atoms with Gasteiger partial charge in [0.1, 0.15) is 17.3 Å². The summed E-state index contributed by atoms with van der Waals surface area (Å²) in [6, 6.07) is 23.1. The first-order valence-electron chi connectivity index (χ1n) is 12.3. The lowest BCUT2D eigenvalue weighted by Crippen LogP contribution is -2.28. The van der Waals surface area contributed by atoms with Crippen LogP contribution in [0, 0.1) is 5.82 Å². The van der Waals surface area contributed by atoms with Crippen molar-refractivity contribution in [3.63, 3.8) is 0 Å². The number of carbonyl (C=O) groups excluding carboxylic acids is 2. The minimum atomic E-state index is -0.351. The summed E-state index contributed by atoms with van der Waals surface area (Å²) in [6.07, 6.45) is 4.68. The van der Waals surface area contributed by atoms with E-state index in [9.17, 15) is 14.0 Å². The van der Waals surface area contributed by atoms with Crippen LogP contribution in [0.2, 0.25) is 5.02 Å². The minimum Gasteiger partial charge on any atom is -0.483 e. The molecular weight excluding hydrogens is 567 g/mol. The van der Waals surface area contributed by atoms with Gasteiger partial charge in [0.15, 0.2) is 11.8 Å². The highest BCUT2D eigenvalue weighted by Gasteiger charge is 2.34. The van der Waals surface area contributed by atoms with Gasteiger partial charge in [-0.2, -0.15) is 5.10 Å². The van der Waals surface area contributed by atoms with Crippen molar-refractivity contribution in [2.75, 3.05) is 11.9 Å². The number of ether oxygens (including phenoxy) is 1. The second-order valence-electron chi connectivity index (χ2n) is 8.64. The number of hydrogen-bond acceptors (Lipinski definition) is 7. The highest BCUT2D eigenvalue weighted by Crippen LogP contribution is 2.35. The maximum Gasteiger partial charge on any atom is 0.267 e. The lowest BCUT2D eigenvalue weighted by atomic mass is 10.2. The Morgan fingerprint density at radius 1 is 1.05 bits per heavy atom. The molecule has 1 aliphatic heterocycles. The van der Waals surface area contributed by atoms with E-state index >= 15 is 0 Å². The number of benzene rings is 3. The topological polar surface area (TPSA) is 96.5 Å². The number of furan rings is 1. The Morgan fingerprint density at radius 3 is 2.59 bits per heavy atom. The van der Waals surface area contributed by atoms with Gasteiger partial charge < -0.3 is 14.5 Å². The fourth-order valence-electron chi connectivity index (χ4n) is 3.72. The summed E-state index contributed by atoms with van der Waals surface area (Å²) >= 11 is 7.04. The van der Waals surface area contributed by atoms with Crippen LogP contribution in [0.15, 0.2) is 111 Å². The molecule has 3 aromatic carbocycles. The minimum absolute atomic E-state index is 0.157. The van der Waals surface area contributed by atoms with E-state index in [1.807, 2.05) is 0 Å². The molecular formula is C30H22ClFN4O4S. The van der Waals surface area contributed by atoms with Gasteiger partial charge in [-0.3, -0.25) is 14.5 Å². The highest BCUT2D eigenvalue weighted by molar-refractivity contribution is 8.18. The molecule has 0 saturated carbocycles. The molecule has 0 spiro atoms. The van der Waals surface area contributed by atoms with Gasteiger partial charge in [-0.05, 0) is 78.0 Å². The van der Waals surface area contributed by atoms with Crippen molar-refractivity contribution in [1.29, 1.82) is 0 Å². The monoisotopic (exact) mass is 588 g/mol. The number of nitrogens with zero attached hydrogens (tertiary/aromatic N) is 3. The van der Waals surface area contributed by atoms with E-state index in [0.717, 1.165) is 11.8 Å². The van der Waals surface area contributed by atoms with Gasteiger partial charge in [0.25, 0.3) is 11.8 Å². The predicted octanol–water partition coefficient (Wildman–Crippen LogP) is 6.60. The molecule has 0 bridgehead atoms. The second kappa shape index (κ2) is 13.1. The molecule has 11 heteroatoms. The maximum absolute atomic E-state index is 13.4. The van der Waals surface area contributed by atoms with E-state index in [1.165, 1.54) is 29.5 Å². The van der Waals surface area contributed by atoms with Crippen LogP contribution in [0.1, 0.15) is 16.9 Å². The lowest BCUT2D eigenvalue weighted by molar-refractivity contribution is -0.122. The molecule has 2 heterocycles. The van der Waals surface area contributed by atoms with Gasteiger partial charge in [-0.1, -0.05) is 41.9 Å². The Hall–Kier alpha value is -4.67. The summed E-state index contributed by atoms with van der Waals surface area (Å²) in [7, 11) is 0. The quantitative estimate of drug-likeness (QED) is 0.135. The molecule has 5 rings (SSSR count). The molecule has 0 aliphatic carbocycles. The van der Waals surface area contributed by atoms with Crippen molar-refractivity contribution in [2.24, 2.45) is 10.2 Å². The van der Waals surface area contributed by atoms with Crippen LogP contribution in [0.3, 0.4) is 0 Å². The Kier molecular flexibility index (Phi) is 8.92. The van der Waals surface area contributed by atoms with Crippen molar-refractivity contribution in [3.05, 3.63) is 124 Å². The summed E-state index contributed by atoms with van der Waals surface area (Å²) in [6.45, 7) is -0.0799. The van der Waals surface area contributed by atoms with Crippen LogP contribution in [-0.4, -0.2) is 34.7 Å². The van der Waals surface area contributed by atoms with E-state index < -0.39 is 0 Å². The molecule has 206 valence electrons. The van der Waals surface area contributed by atoms with Crippen molar-refractivity contribution in [2.45, 2.75) is 6.54 Å². The van der Waals surface area contributed by atoms with Crippen LogP contribution in [-0.2, 0) is 16.1 Å². The zero-order valence-corrected chi connectivity index (χ0v) is 22.9. The van der Waals surface area contributed by atoms with Crippen LogP contribution < -0.4 is 10.1 Å². The third kappa shape index (κ3) is 7.50. The molecule has 1 N–H and O–H groups in total. The second-order valence-corrected chi connectivity index (χ2v) is 10.1. The first-order chi connectivity index (χ1) is 19.9. The Balaban J connectivity index is 1.33. The first-order valence-corrected chi connectivity index (χ1v) is 13.5. The van der Waals surface area contributed by atoms with E-state index in [1.54, 1.807) is 78.9 Å². The van der Waals surface area contributed by atoms with Crippen molar-refractivity contribution >= 4 is 58.3 Å². The number of anilines is 1. The van der Waals surface area contributed by atoms with Gasteiger partial charge >= 0.3 is 0 Å². The zero-order valence-electron chi connectivity index (χ0n) is 21.4. The Bertz CT molecular complexity index is 1620. The molecule has 1 aliphatic rings. The molecule has 41 heavy (non-hydrogen) atoms. The van der Waals surface area contributed by atoms with Crippen LogP contribution in [0.5, 0.6) is 5.75 Å². The number of thioether (sulfide) groups is 1. The zero-order chi connectivity index (χ0) is 28.6. The molecule has 2 amide bonds. The third-order valence-electron chi connectivity index (χ3n) is 5.69. The van der Waals surface area contributed by atoms with E-state index in [-0.39, 0.29) is 30.8 Å². The number of amides is 2.